The molecule has 1 heterocycles. The number of amidine groups is 1. The fourth-order valence-electron chi connectivity index (χ4n) is 3.45. The second-order valence-corrected chi connectivity index (χ2v) is 11.4. The Labute approximate surface area is 189 Å². The van der Waals surface area contributed by atoms with Crippen LogP contribution in [0.5, 0.6) is 0 Å². The highest BCUT2D eigenvalue weighted by Crippen LogP contribution is 2.22. The number of anilines is 1. The molecule has 1 saturated heterocycles. The molecule has 1 amide bonds. The van der Waals surface area contributed by atoms with Crippen LogP contribution in [0, 0.1) is 0 Å². The predicted octanol–water partition coefficient (Wildman–Crippen LogP) is 3.33. The van der Waals surface area contributed by atoms with Gasteiger partial charge in [-0.05, 0) is 43.2 Å². The number of sulfonamides is 1. The number of likely N-dealkylation sites (tertiary alicyclic amines) is 1. The molecule has 172 valence electrons. The summed E-state index contributed by atoms with van der Waals surface area (Å²) < 4.78 is 54.5. The number of carbonyl (C=O) groups is 1. The molecular weight excluding hydrogens is 450 g/mol. The van der Waals surface area contributed by atoms with E-state index in [-0.39, 0.29) is 26.8 Å². The molecule has 2 aromatic rings. The Morgan fingerprint density at radius 2 is 1.78 bits per heavy atom. The van der Waals surface area contributed by atoms with Gasteiger partial charge in [0.25, 0.3) is 15.9 Å². The Balaban J connectivity index is 1.88. The van der Waals surface area contributed by atoms with Crippen LogP contribution in [0.25, 0.3) is 0 Å². The lowest BCUT2D eigenvalue weighted by Crippen LogP contribution is -2.26. The average molecular weight is 478 g/mol. The minimum atomic E-state index is -3.97. The van der Waals surface area contributed by atoms with E-state index in [0.717, 1.165) is 25.8 Å². The van der Waals surface area contributed by atoms with E-state index >= 15 is 0 Å². The summed E-state index contributed by atoms with van der Waals surface area (Å²) in [7, 11) is -5.74. The molecule has 0 unspecified atom stereocenters. The maximum atomic E-state index is 12.9. The summed E-state index contributed by atoms with van der Waals surface area (Å²) in [5.74, 6) is -0.252. The first-order valence-corrected chi connectivity index (χ1v) is 13.5. The molecule has 0 spiro atoms. The summed E-state index contributed by atoms with van der Waals surface area (Å²) in [6, 6.07) is 11.7. The third kappa shape index (κ3) is 5.55. The van der Waals surface area contributed by atoms with Crippen LogP contribution in [-0.2, 0) is 19.9 Å². The van der Waals surface area contributed by atoms with Crippen molar-refractivity contribution >= 4 is 37.3 Å². The van der Waals surface area contributed by atoms with Crippen molar-refractivity contribution in [2.24, 2.45) is 4.40 Å². The summed E-state index contributed by atoms with van der Waals surface area (Å²) in [6.07, 6.45) is 3.50. The molecule has 0 atom stereocenters. The van der Waals surface area contributed by atoms with Crippen molar-refractivity contribution in [3.8, 4) is 0 Å². The third-order valence-corrected chi connectivity index (χ3v) is 8.38. The SMILES string of the molecule is CCS(=O)(=O)c1ccccc1C(=O)Nc1cccc(S(=O)(=O)/N=C2/CCCCCN2C)c1. The highest BCUT2D eigenvalue weighted by Gasteiger charge is 2.22. The van der Waals surface area contributed by atoms with Gasteiger partial charge in [0.05, 0.1) is 21.1 Å². The van der Waals surface area contributed by atoms with Gasteiger partial charge < -0.3 is 10.2 Å². The van der Waals surface area contributed by atoms with Crippen molar-refractivity contribution in [1.82, 2.24) is 4.90 Å². The standard InChI is InChI=1S/C22H27N3O5S2/c1-3-31(27,28)20-13-7-6-12-19(20)22(26)23-17-10-9-11-18(16-17)32(29,30)24-21-14-5-4-8-15-25(21)2/h6-7,9-13,16H,3-5,8,14-15H2,1-2H3,(H,23,26)/b24-21-. The Morgan fingerprint density at radius 3 is 2.53 bits per heavy atom. The van der Waals surface area contributed by atoms with Crippen LogP contribution in [0.2, 0.25) is 0 Å². The lowest BCUT2D eigenvalue weighted by Gasteiger charge is -2.17. The Hall–Kier alpha value is -2.72. The van der Waals surface area contributed by atoms with Crippen molar-refractivity contribution in [1.29, 1.82) is 0 Å². The van der Waals surface area contributed by atoms with Crippen molar-refractivity contribution in [2.45, 2.75) is 42.4 Å². The monoisotopic (exact) mass is 477 g/mol. The van der Waals surface area contributed by atoms with Gasteiger partial charge in [0.15, 0.2) is 9.84 Å². The molecule has 8 nitrogen and oxygen atoms in total. The summed E-state index contributed by atoms with van der Waals surface area (Å²) in [6.45, 7) is 2.26. The number of nitrogens with one attached hydrogen (secondary N) is 1. The van der Waals surface area contributed by atoms with Gasteiger partial charge in [-0.3, -0.25) is 4.79 Å². The quantitative estimate of drug-likeness (QED) is 0.683. The van der Waals surface area contributed by atoms with Crippen LogP contribution >= 0.6 is 0 Å². The molecule has 1 fully saturated rings. The average Bonchev–Trinajstić information content (AvgIpc) is 2.97. The van der Waals surface area contributed by atoms with E-state index in [1.165, 1.54) is 37.3 Å². The number of benzene rings is 2. The second kappa shape index (κ2) is 9.83. The summed E-state index contributed by atoms with van der Waals surface area (Å²) in [5.41, 5.74) is 0.233. The summed E-state index contributed by atoms with van der Waals surface area (Å²) >= 11 is 0. The molecule has 1 aliphatic rings. The zero-order valence-electron chi connectivity index (χ0n) is 18.1. The molecule has 0 aliphatic carbocycles. The number of carbonyl (C=O) groups excluding carboxylic acids is 1. The number of rotatable bonds is 6. The van der Waals surface area contributed by atoms with Gasteiger partial charge in [-0.15, -0.1) is 4.40 Å². The molecule has 0 saturated carbocycles. The fraction of sp³-hybridized carbons (Fsp3) is 0.364. The Morgan fingerprint density at radius 1 is 1.03 bits per heavy atom. The van der Waals surface area contributed by atoms with Gasteiger partial charge in [0.1, 0.15) is 5.84 Å². The molecule has 3 rings (SSSR count). The van der Waals surface area contributed by atoms with Gasteiger partial charge in [-0.25, -0.2) is 8.42 Å². The zero-order chi connectivity index (χ0) is 23.4. The van der Waals surface area contributed by atoms with Crippen molar-refractivity contribution in [3.63, 3.8) is 0 Å². The van der Waals surface area contributed by atoms with Gasteiger partial charge in [-0.2, -0.15) is 8.42 Å². The maximum absolute atomic E-state index is 12.9. The topological polar surface area (TPSA) is 113 Å². The molecule has 2 aromatic carbocycles. The lowest BCUT2D eigenvalue weighted by molar-refractivity contribution is 0.102. The van der Waals surface area contributed by atoms with Crippen LogP contribution in [0.1, 0.15) is 43.0 Å². The molecular formula is C22H27N3O5S2. The van der Waals surface area contributed by atoms with Crippen LogP contribution < -0.4 is 5.32 Å². The largest absolute Gasteiger partial charge is 0.362 e. The Bertz CT molecular complexity index is 1240. The van der Waals surface area contributed by atoms with E-state index in [2.05, 4.69) is 9.71 Å². The van der Waals surface area contributed by atoms with E-state index in [0.29, 0.717) is 12.3 Å². The highest BCUT2D eigenvalue weighted by atomic mass is 32.2. The minimum Gasteiger partial charge on any atom is -0.362 e. The number of nitrogens with zero attached hydrogens (tertiary/aromatic N) is 2. The third-order valence-electron chi connectivity index (χ3n) is 5.30. The lowest BCUT2D eigenvalue weighted by atomic mass is 10.2. The van der Waals surface area contributed by atoms with Crippen LogP contribution in [0.15, 0.2) is 62.7 Å². The van der Waals surface area contributed by atoms with Crippen molar-refractivity contribution < 1.29 is 21.6 Å². The first kappa shape index (κ1) is 23.9. The number of hydrogen-bond acceptors (Lipinski definition) is 5. The molecule has 1 aliphatic heterocycles. The first-order chi connectivity index (χ1) is 15.1. The van der Waals surface area contributed by atoms with Gasteiger partial charge >= 0.3 is 0 Å². The predicted molar refractivity (Wildman–Crippen MR) is 124 cm³/mol. The second-order valence-electron chi connectivity index (χ2n) is 7.60. The van der Waals surface area contributed by atoms with E-state index in [1.54, 1.807) is 18.2 Å². The molecule has 32 heavy (non-hydrogen) atoms. The van der Waals surface area contributed by atoms with E-state index in [9.17, 15) is 21.6 Å². The molecule has 0 radical (unpaired) electrons. The van der Waals surface area contributed by atoms with Crippen LogP contribution in [0.3, 0.4) is 0 Å². The van der Waals surface area contributed by atoms with Crippen molar-refractivity contribution in [2.75, 3.05) is 24.7 Å². The van der Waals surface area contributed by atoms with Gasteiger partial charge in [0.2, 0.25) is 0 Å². The number of hydrogen-bond donors (Lipinski definition) is 1. The van der Waals surface area contributed by atoms with Crippen LogP contribution in [-0.4, -0.2) is 52.8 Å². The molecule has 10 heteroatoms. The van der Waals surface area contributed by atoms with E-state index in [4.69, 9.17) is 0 Å². The van der Waals surface area contributed by atoms with Crippen molar-refractivity contribution in [3.05, 3.63) is 54.1 Å². The van der Waals surface area contributed by atoms with E-state index in [1.807, 2.05) is 11.9 Å². The minimum absolute atomic E-state index is 0.00272. The summed E-state index contributed by atoms with van der Waals surface area (Å²) in [5, 5.41) is 2.60. The Kier molecular flexibility index (Phi) is 7.35. The smallest absolute Gasteiger partial charge is 0.284 e. The maximum Gasteiger partial charge on any atom is 0.284 e. The molecule has 1 N–H and O–H groups in total. The summed E-state index contributed by atoms with van der Waals surface area (Å²) in [4.78, 5) is 14.5. The fourth-order valence-corrected chi connectivity index (χ4v) is 5.68. The highest BCUT2D eigenvalue weighted by molar-refractivity contribution is 7.91. The normalized spacial score (nSPS) is 16.6. The van der Waals surface area contributed by atoms with Crippen LogP contribution in [0.4, 0.5) is 5.69 Å². The molecule has 0 aromatic heterocycles. The zero-order valence-corrected chi connectivity index (χ0v) is 19.7. The molecule has 0 bridgehead atoms. The van der Waals surface area contributed by atoms with Gasteiger partial charge in [-0.1, -0.05) is 31.5 Å². The number of sulfone groups is 1. The van der Waals surface area contributed by atoms with Gasteiger partial charge in [0, 0.05) is 25.7 Å². The van der Waals surface area contributed by atoms with E-state index < -0.39 is 25.8 Å². The number of amides is 1. The first-order valence-electron chi connectivity index (χ1n) is 10.4.